The maximum Gasteiger partial charge on any atom is 0.224 e. The van der Waals surface area contributed by atoms with Crippen LogP contribution < -0.4 is 10.2 Å². The predicted octanol–water partition coefficient (Wildman–Crippen LogP) is 4.55. The summed E-state index contributed by atoms with van der Waals surface area (Å²) in [6.07, 6.45) is 0.314. The second-order valence-electron chi connectivity index (χ2n) is 7.76. The number of benzene rings is 2. The Labute approximate surface area is 192 Å². The van der Waals surface area contributed by atoms with Crippen LogP contribution in [0.4, 0.5) is 5.69 Å². The minimum Gasteiger partial charge on any atom is -0.370 e. The van der Waals surface area contributed by atoms with Gasteiger partial charge in [0, 0.05) is 53.1 Å². The van der Waals surface area contributed by atoms with Crippen LogP contribution in [0.5, 0.6) is 0 Å². The molecule has 0 radical (unpaired) electrons. The Morgan fingerprint density at radius 1 is 1.03 bits per heavy atom. The van der Waals surface area contributed by atoms with Gasteiger partial charge in [-0.1, -0.05) is 23.7 Å². The highest BCUT2D eigenvalue weighted by Crippen LogP contribution is 2.21. The van der Waals surface area contributed by atoms with E-state index in [1.807, 2.05) is 54.6 Å². The molecule has 1 aliphatic rings. The Morgan fingerprint density at radius 3 is 2.35 bits per heavy atom. The summed E-state index contributed by atoms with van der Waals surface area (Å²) in [5.74, 6) is 2.37. The Kier molecular flexibility index (Phi) is 6.88. The topological polar surface area (TPSA) is 50.2 Å². The number of nitrogens with zero attached hydrogens (tertiary/aromatic N) is 3. The van der Waals surface area contributed by atoms with Gasteiger partial charge in [-0.05, 0) is 55.8 Å². The smallest absolute Gasteiger partial charge is 0.224 e. The molecule has 0 spiro atoms. The Hall–Kier alpha value is -2.44. The van der Waals surface area contributed by atoms with Crippen molar-refractivity contribution in [2.24, 2.45) is 0 Å². The van der Waals surface area contributed by atoms with Gasteiger partial charge in [-0.3, -0.25) is 4.79 Å². The molecular weight excluding hydrogens is 428 g/mol. The Balaban J connectivity index is 1.36. The first-order valence-corrected chi connectivity index (χ1v) is 12.0. The maximum absolute atomic E-state index is 12.6. The third kappa shape index (κ3) is 5.25. The number of carbonyl (C=O) groups excluding carboxylic acids is 1. The van der Waals surface area contributed by atoms with Crippen molar-refractivity contribution in [3.63, 3.8) is 0 Å². The molecule has 1 fully saturated rings. The summed E-state index contributed by atoms with van der Waals surface area (Å²) in [5, 5.41) is 8.36. The van der Waals surface area contributed by atoms with Crippen LogP contribution in [0.25, 0.3) is 5.69 Å². The number of halogens is 1. The van der Waals surface area contributed by atoms with Crippen LogP contribution >= 0.6 is 23.4 Å². The lowest BCUT2D eigenvalue weighted by Crippen LogP contribution is -2.32. The monoisotopic (exact) mass is 454 g/mol. The highest BCUT2D eigenvalue weighted by molar-refractivity contribution is 7.99. The molecule has 1 N–H and O–H groups in total. The van der Waals surface area contributed by atoms with Gasteiger partial charge in [-0.15, -0.1) is 0 Å². The highest BCUT2D eigenvalue weighted by atomic mass is 35.5. The fourth-order valence-electron chi connectivity index (χ4n) is 3.83. The first-order valence-electron chi connectivity index (χ1n) is 10.5. The minimum atomic E-state index is -0.000937. The molecule has 0 atom stereocenters. The number of carbonyl (C=O) groups is 1. The van der Waals surface area contributed by atoms with Crippen LogP contribution in [-0.2, 0) is 17.8 Å². The van der Waals surface area contributed by atoms with Crippen molar-refractivity contribution in [1.82, 2.24) is 15.1 Å². The zero-order chi connectivity index (χ0) is 21.8. The van der Waals surface area contributed by atoms with Gasteiger partial charge in [-0.25, -0.2) is 4.68 Å². The van der Waals surface area contributed by atoms with Crippen molar-refractivity contribution in [3.05, 3.63) is 76.1 Å². The molecule has 1 aliphatic heterocycles. The summed E-state index contributed by atoms with van der Waals surface area (Å²) in [5.41, 5.74) is 6.10. The number of hydrogen-bond acceptors (Lipinski definition) is 4. The molecular formula is C24H27ClN4OS. The third-order valence-corrected chi connectivity index (χ3v) is 6.85. The average molecular weight is 455 g/mol. The number of rotatable bonds is 6. The zero-order valence-electron chi connectivity index (χ0n) is 17.9. The molecule has 2 heterocycles. The summed E-state index contributed by atoms with van der Waals surface area (Å²) in [7, 11) is 0. The van der Waals surface area contributed by atoms with E-state index in [-0.39, 0.29) is 5.91 Å². The van der Waals surface area contributed by atoms with Gasteiger partial charge in [-0.2, -0.15) is 16.9 Å². The van der Waals surface area contributed by atoms with Crippen LogP contribution in [0, 0.1) is 13.8 Å². The van der Waals surface area contributed by atoms with E-state index in [2.05, 4.69) is 39.6 Å². The van der Waals surface area contributed by atoms with Crippen molar-refractivity contribution in [2.75, 3.05) is 29.5 Å². The molecule has 0 saturated carbocycles. The highest BCUT2D eigenvalue weighted by Gasteiger charge is 2.16. The van der Waals surface area contributed by atoms with Crippen molar-refractivity contribution >= 4 is 35.0 Å². The van der Waals surface area contributed by atoms with Crippen LogP contribution in [0.3, 0.4) is 0 Å². The lowest BCUT2D eigenvalue weighted by Gasteiger charge is -2.28. The van der Waals surface area contributed by atoms with Crippen LogP contribution in [-0.4, -0.2) is 40.3 Å². The van der Waals surface area contributed by atoms with Gasteiger partial charge in [0.25, 0.3) is 0 Å². The number of aryl methyl sites for hydroxylation is 1. The zero-order valence-corrected chi connectivity index (χ0v) is 19.5. The number of thioether (sulfide) groups is 1. The van der Waals surface area contributed by atoms with E-state index in [1.165, 1.54) is 17.2 Å². The summed E-state index contributed by atoms with van der Waals surface area (Å²) in [6, 6.07) is 16.1. The summed E-state index contributed by atoms with van der Waals surface area (Å²) in [6.45, 7) is 6.67. The molecule has 3 aromatic rings. The van der Waals surface area contributed by atoms with E-state index in [9.17, 15) is 4.79 Å². The average Bonchev–Trinajstić information content (AvgIpc) is 3.07. The Bertz CT molecular complexity index is 1040. The van der Waals surface area contributed by atoms with Crippen molar-refractivity contribution in [3.8, 4) is 5.69 Å². The molecule has 0 bridgehead atoms. The molecule has 1 amide bonds. The minimum absolute atomic E-state index is 0.000937. The fourth-order valence-corrected chi connectivity index (χ4v) is 4.86. The molecule has 5 nitrogen and oxygen atoms in total. The first-order chi connectivity index (χ1) is 15.0. The van der Waals surface area contributed by atoms with Crippen LogP contribution in [0.2, 0.25) is 5.02 Å². The second-order valence-corrected chi connectivity index (χ2v) is 9.42. The SMILES string of the molecule is Cc1nn(-c2ccc(Cl)cc2)c(C)c1CC(=O)NCc1ccc(N2CCSCC2)cc1. The summed E-state index contributed by atoms with van der Waals surface area (Å²) in [4.78, 5) is 15.0. The normalized spacial score (nSPS) is 14.0. The quantitative estimate of drug-likeness (QED) is 0.593. The van der Waals surface area contributed by atoms with Crippen molar-refractivity contribution in [2.45, 2.75) is 26.8 Å². The predicted molar refractivity (Wildman–Crippen MR) is 130 cm³/mol. The van der Waals surface area contributed by atoms with E-state index >= 15 is 0 Å². The van der Waals surface area contributed by atoms with Crippen LogP contribution in [0.1, 0.15) is 22.5 Å². The summed E-state index contributed by atoms with van der Waals surface area (Å²) >= 11 is 8.00. The number of amides is 1. The summed E-state index contributed by atoms with van der Waals surface area (Å²) < 4.78 is 1.87. The van der Waals surface area contributed by atoms with E-state index in [4.69, 9.17) is 11.6 Å². The van der Waals surface area contributed by atoms with Crippen molar-refractivity contribution in [1.29, 1.82) is 0 Å². The molecule has 1 aromatic heterocycles. The van der Waals surface area contributed by atoms with E-state index < -0.39 is 0 Å². The Morgan fingerprint density at radius 2 is 1.68 bits per heavy atom. The second kappa shape index (κ2) is 9.79. The molecule has 31 heavy (non-hydrogen) atoms. The van der Waals surface area contributed by atoms with E-state index in [1.54, 1.807) is 0 Å². The van der Waals surface area contributed by atoms with Gasteiger partial charge in [0.15, 0.2) is 0 Å². The number of anilines is 1. The largest absolute Gasteiger partial charge is 0.370 e. The molecule has 7 heteroatoms. The standard InChI is InChI=1S/C24H27ClN4OS/c1-17-23(18(2)29(27-17)22-9-5-20(25)6-10-22)15-24(30)26-16-19-3-7-21(8-4-19)28-11-13-31-14-12-28/h3-10H,11-16H2,1-2H3,(H,26,30). The number of aromatic nitrogens is 2. The van der Waals surface area contributed by atoms with Gasteiger partial charge in [0.05, 0.1) is 17.8 Å². The third-order valence-electron chi connectivity index (χ3n) is 5.65. The molecule has 0 aliphatic carbocycles. The number of nitrogens with one attached hydrogen (secondary N) is 1. The van der Waals surface area contributed by atoms with Gasteiger partial charge in [0.1, 0.15) is 0 Å². The molecule has 0 unspecified atom stereocenters. The van der Waals surface area contributed by atoms with Gasteiger partial charge < -0.3 is 10.2 Å². The first kappa shape index (κ1) is 21.8. The van der Waals surface area contributed by atoms with Crippen molar-refractivity contribution < 1.29 is 4.79 Å². The molecule has 162 valence electrons. The van der Waals surface area contributed by atoms with E-state index in [0.717, 1.165) is 41.3 Å². The fraction of sp³-hybridized carbons (Fsp3) is 0.333. The van der Waals surface area contributed by atoms with Gasteiger partial charge in [0.2, 0.25) is 5.91 Å². The molecule has 2 aromatic carbocycles. The lowest BCUT2D eigenvalue weighted by molar-refractivity contribution is -0.120. The van der Waals surface area contributed by atoms with E-state index in [0.29, 0.717) is 18.0 Å². The molecule has 4 rings (SSSR count). The molecule has 1 saturated heterocycles. The maximum atomic E-state index is 12.6. The van der Waals surface area contributed by atoms with Crippen LogP contribution in [0.15, 0.2) is 48.5 Å². The lowest BCUT2D eigenvalue weighted by atomic mass is 10.1. The number of hydrogen-bond donors (Lipinski definition) is 1. The van der Waals surface area contributed by atoms with Gasteiger partial charge >= 0.3 is 0 Å².